The van der Waals surface area contributed by atoms with Crippen molar-refractivity contribution in [3.63, 3.8) is 0 Å². The molecule has 0 bridgehead atoms. The second-order valence-electron chi connectivity index (χ2n) is 3.12. The first-order chi connectivity index (χ1) is 7.02. The Labute approximate surface area is 87.4 Å². The van der Waals surface area contributed by atoms with Crippen LogP contribution in [0.2, 0.25) is 0 Å². The van der Waals surface area contributed by atoms with Crippen LogP contribution >= 0.6 is 0 Å². The summed E-state index contributed by atoms with van der Waals surface area (Å²) in [5, 5.41) is 19.5. The van der Waals surface area contributed by atoms with Gasteiger partial charge >= 0.3 is 5.97 Å². The summed E-state index contributed by atoms with van der Waals surface area (Å²) < 4.78 is 0. The molecule has 1 amide bonds. The Balaban J connectivity index is 4.16. The van der Waals surface area contributed by atoms with Crippen LogP contribution in [0.3, 0.4) is 0 Å². The molecule has 0 heterocycles. The lowest BCUT2D eigenvalue weighted by atomic mass is 10.1. The maximum absolute atomic E-state index is 11.2. The number of aliphatic hydroxyl groups is 1. The summed E-state index contributed by atoms with van der Waals surface area (Å²) in [6.45, 7) is -0.166. The van der Waals surface area contributed by atoms with Gasteiger partial charge in [0, 0.05) is 0 Å². The normalized spacial score (nSPS) is 14.3. The Hall–Kier alpha value is -1.18. The van der Waals surface area contributed by atoms with E-state index in [9.17, 15) is 9.59 Å². The molecule has 0 saturated heterocycles. The molecule has 7 N–H and O–H groups in total. The second-order valence-corrected chi connectivity index (χ2v) is 3.12. The van der Waals surface area contributed by atoms with Crippen LogP contribution in [0, 0.1) is 0 Å². The highest BCUT2D eigenvalue weighted by atomic mass is 16.4. The Kier molecular flexibility index (Phi) is 6.59. The molecule has 0 aromatic heterocycles. The van der Waals surface area contributed by atoms with Crippen molar-refractivity contribution in [1.29, 1.82) is 0 Å². The van der Waals surface area contributed by atoms with Crippen molar-refractivity contribution < 1.29 is 19.8 Å². The first-order valence-electron chi connectivity index (χ1n) is 4.62. The maximum Gasteiger partial charge on any atom is 0.326 e. The number of carbonyl (C=O) groups excluding carboxylic acids is 1. The third kappa shape index (κ3) is 5.31. The van der Waals surface area contributed by atoms with E-state index in [2.05, 4.69) is 5.32 Å². The van der Waals surface area contributed by atoms with Crippen molar-refractivity contribution in [2.75, 3.05) is 13.2 Å². The molecule has 0 aromatic carbocycles. The smallest absolute Gasteiger partial charge is 0.326 e. The highest BCUT2D eigenvalue weighted by molar-refractivity contribution is 5.86. The molecular weight excluding hydrogens is 202 g/mol. The van der Waals surface area contributed by atoms with Crippen LogP contribution < -0.4 is 16.8 Å². The number of aliphatic carboxylic acids is 1. The van der Waals surface area contributed by atoms with E-state index >= 15 is 0 Å². The van der Waals surface area contributed by atoms with Crippen LogP contribution in [0.5, 0.6) is 0 Å². The number of carbonyl (C=O) groups is 2. The number of rotatable bonds is 7. The predicted molar refractivity (Wildman–Crippen MR) is 52.9 cm³/mol. The van der Waals surface area contributed by atoms with Gasteiger partial charge < -0.3 is 27.0 Å². The molecule has 0 aliphatic heterocycles. The highest BCUT2D eigenvalue weighted by Gasteiger charge is 2.22. The van der Waals surface area contributed by atoms with Gasteiger partial charge in [0.2, 0.25) is 5.91 Å². The standard InChI is InChI=1S/C8H17N3O4/c9-3-1-2-6(8(14)15)11-7(13)5(10)4-12/h5-6,12H,1-4,9-10H2,(H,11,13)(H,14,15)/t5-,6-/m0/s1. The average Bonchev–Trinajstić information content (AvgIpc) is 2.22. The summed E-state index contributed by atoms with van der Waals surface area (Å²) in [5.41, 5.74) is 10.4. The van der Waals surface area contributed by atoms with E-state index in [1.54, 1.807) is 0 Å². The second kappa shape index (κ2) is 7.16. The largest absolute Gasteiger partial charge is 0.480 e. The minimum atomic E-state index is -1.14. The summed E-state index contributed by atoms with van der Waals surface area (Å²) in [7, 11) is 0. The molecule has 0 fully saturated rings. The molecule has 7 nitrogen and oxygen atoms in total. The number of carboxylic acids is 1. The quantitative estimate of drug-likeness (QED) is 0.324. The van der Waals surface area contributed by atoms with Crippen LogP contribution in [0.1, 0.15) is 12.8 Å². The van der Waals surface area contributed by atoms with E-state index in [-0.39, 0.29) is 6.42 Å². The predicted octanol–water partition coefficient (Wildman–Crippen LogP) is -2.39. The van der Waals surface area contributed by atoms with Gasteiger partial charge in [-0.25, -0.2) is 4.79 Å². The number of hydrogen-bond acceptors (Lipinski definition) is 5. The number of nitrogens with two attached hydrogens (primary N) is 2. The minimum Gasteiger partial charge on any atom is -0.480 e. The molecule has 0 unspecified atom stereocenters. The van der Waals surface area contributed by atoms with E-state index in [4.69, 9.17) is 21.7 Å². The molecule has 0 spiro atoms. The topological polar surface area (TPSA) is 139 Å². The third-order valence-electron chi connectivity index (χ3n) is 1.84. The molecule has 15 heavy (non-hydrogen) atoms. The summed E-state index contributed by atoms with van der Waals surface area (Å²) in [4.78, 5) is 21.9. The molecule has 0 saturated carbocycles. The lowest BCUT2D eigenvalue weighted by Gasteiger charge is -2.16. The fourth-order valence-corrected chi connectivity index (χ4v) is 0.941. The van der Waals surface area contributed by atoms with Crippen LogP contribution in [0.25, 0.3) is 0 Å². The molecule has 7 heteroatoms. The fourth-order valence-electron chi connectivity index (χ4n) is 0.941. The van der Waals surface area contributed by atoms with Gasteiger partial charge in [-0.3, -0.25) is 4.79 Å². The SMILES string of the molecule is NCCC[C@H](NC(=O)[C@@H](N)CO)C(=O)O. The van der Waals surface area contributed by atoms with Crippen LogP contribution in [0.15, 0.2) is 0 Å². The van der Waals surface area contributed by atoms with Crippen molar-refractivity contribution >= 4 is 11.9 Å². The van der Waals surface area contributed by atoms with Crippen LogP contribution in [-0.2, 0) is 9.59 Å². The fraction of sp³-hybridized carbons (Fsp3) is 0.750. The molecule has 0 aliphatic rings. The monoisotopic (exact) mass is 219 g/mol. The van der Waals surface area contributed by atoms with E-state index in [0.717, 1.165) is 0 Å². The van der Waals surface area contributed by atoms with Gasteiger partial charge in [-0.2, -0.15) is 0 Å². The van der Waals surface area contributed by atoms with Gasteiger partial charge in [0.15, 0.2) is 0 Å². The summed E-state index contributed by atoms with van der Waals surface area (Å²) >= 11 is 0. The Bertz CT molecular complexity index is 222. The Morgan fingerprint density at radius 3 is 2.40 bits per heavy atom. The highest BCUT2D eigenvalue weighted by Crippen LogP contribution is 1.97. The number of aliphatic hydroxyl groups excluding tert-OH is 1. The number of amides is 1. The van der Waals surface area contributed by atoms with Gasteiger partial charge in [0.1, 0.15) is 12.1 Å². The van der Waals surface area contributed by atoms with E-state index in [0.29, 0.717) is 13.0 Å². The Morgan fingerprint density at radius 1 is 1.40 bits per heavy atom. The zero-order valence-electron chi connectivity index (χ0n) is 8.35. The van der Waals surface area contributed by atoms with Crippen molar-refractivity contribution in [2.45, 2.75) is 24.9 Å². The minimum absolute atomic E-state index is 0.246. The van der Waals surface area contributed by atoms with Gasteiger partial charge in [0.05, 0.1) is 6.61 Å². The van der Waals surface area contributed by atoms with Crippen molar-refractivity contribution in [3.8, 4) is 0 Å². The van der Waals surface area contributed by atoms with E-state index in [1.165, 1.54) is 0 Å². The van der Waals surface area contributed by atoms with Gasteiger partial charge in [-0.05, 0) is 19.4 Å². The first-order valence-corrected chi connectivity index (χ1v) is 4.62. The lowest BCUT2D eigenvalue weighted by molar-refractivity contribution is -0.142. The molecular formula is C8H17N3O4. The van der Waals surface area contributed by atoms with Crippen molar-refractivity contribution in [3.05, 3.63) is 0 Å². The number of nitrogens with one attached hydrogen (secondary N) is 1. The average molecular weight is 219 g/mol. The molecule has 88 valence electrons. The summed E-state index contributed by atoms with van der Waals surface area (Å²) in [6, 6.07) is -2.09. The molecule has 0 aliphatic carbocycles. The molecule has 0 rings (SSSR count). The number of hydrogen-bond donors (Lipinski definition) is 5. The lowest BCUT2D eigenvalue weighted by Crippen LogP contribution is -2.49. The summed E-state index contributed by atoms with van der Waals surface area (Å²) in [6.07, 6.45) is 0.737. The third-order valence-corrected chi connectivity index (χ3v) is 1.84. The molecule has 0 aromatic rings. The van der Waals surface area contributed by atoms with Gasteiger partial charge in [-0.15, -0.1) is 0 Å². The van der Waals surface area contributed by atoms with Gasteiger partial charge in [0.25, 0.3) is 0 Å². The van der Waals surface area contributed by atoms with Crippen LogP contribution in [0.4, 0.5) is 0 Å². The zero-order chi connectivity index (χ0) is 11.8. The molecule has 2 atom stereocenters. The van der Waals surface area contributed by atoms with Crippen molar-refractivity contribution in [2.24, 2.45) is 11.5 Å². The maximum atomic E-state index is 11.2. The zero-order valence-corrected chi connectivity index (χ0v) is 8.35. The van der Waals surface area contributed by atoms with Gasteiger partial charge in [-0.1, -0.05) is 0 Å². The summed E-state index contributed by atoms with van der Waals surface area (Å²) in [5.74, 6) is -1.82. The molecule has 0 radical (unpaired) electrons. The Morgan fingerprint density at radius 2 is 2.00 bits per heavy atom. The van der Waals surface area contributed by atoms with E-state index < -0.39 is 30.6 Å². The number of carboxylic acid groups (broad SMARTS) is 1. The van der Waals surface area contributed by atoms with Crippen molar-refractivity contribution in [1.82, 2.24) is 5.32 Å². The first kappa shape index (κ1) is 13.8. The van der Waals surface area contributed by atoms with E-state index in [1.807, 2.05) is 0 Å². The van der Waals surface area contributed by atoms with Crippen LogP contribution in [-0.4, -0.2) is 47.3 Å².